The molecule has 2 rings (SSSR count). The zero-order valence-corrected chi connectivity index (χ0v) is 8.60. The molecule has 0 aromatic carbocycles. The molecular weight excluding hydrogens is 160 g/mol. The van der Waals surface area contributed by atoms with E-state index < -0.39 is 0 Å². The fourth-order valence-electron chi connectivity index (χ4n) is 2.84. The number of carbonyl (C=O) groups is 1. The molecule has 0 saturated heterocycles. The molecule has 0 saturated carbocycles. The highest BCUT2D eigenvalue weighted by Gasteiger charge is 2.32. The van der Waals surface area contributed by atoms with Crippen molar-refractivity contribution < 1.29 is 4.79 Å². The fraction of sp³-hybridized carbons (Fsp3) is 0.750. The SMILES string of the molecule is CC(C)C1CCC2=C1CCCC2=O. The van der Waals surface area contributed by atoms with E-state index in [0.29, 0.717) is 5.78 Å². The minimum atomic E-state index is 0.449. The summed E-state index contributed by atoms with van der Waals surface area (Å²) in [6.07, 6.45) is 5.40. The van der Waals surface area contributed by atoms with Crippen molar-refractivity contribution in [3.8, 4) is 0 Å². The molecule has 1 nitrogen and oxygen atoms in total. The highest BCUT2D eigenvalue weighted by Crippen LogP contribution is 2.42. The standard InChI is InChI=1S/C12H18O/c1-8(2)9-6-7-11-10(9)4-3-5-12(11)13/h8-9H,3-7H2,1-2H3. The lowest BCUT2D eigenvalue weighted by atomic mass is 9.83. The predicted octanol–water partition coefficient (Wildman–Crippen LogP) is 3.10. The first kappa shape index (κ1) is 8.98. The summed E-state index contributed by atoms with van der Waals surface area (Å²) in [5, 5.41) is 0. The highest BCUT2D eigenvalue weighted by molar-refractivity contribution is 5.97. The Morgan fingerprint density at radius 3 is 2.69 bits per heavy atom. The van der Waals surface area contributed by atoms with Gasteiger partial charge in [-0.15, -0.1) is 0 Å². The summed E-state index contributed by atoms with van der Waals surface area (Å²) in [5.41, 5.74) is 2.73. The molecule has 1 atom stereocenters. The maximum atomic E-state index is 11.6. The van der Waals surface area contributed by atoms with E-state index in [1.54, 1.807) is 0 Å². The first-order valence-electron chi connectivity index (χ1n) is 5.45. The second-order valence-corrected chi connectivity index (χ2v) is 4.67. The molecule has 0 bridgehead atoms. The van der Waals surface area contributed by atoms with Gasteiger partial charge < -0.3 is 0 Å². The predicted molar refractivity (Wildman–Crippen MR) is 53.4 cm³/mol. The van der Waals surface area contributed by atoms with Gasteiger partial charge in [0.05, 0.1) is 0 Å². The zero-order valence-electron chi connectivity index (χ0n) is 8.60. The second-order valence-electron chi connectivity index (χ2n) is 4.67. The molecule has 0 aromatic heterocycles. The molecular formula is C12H18O. The monoisotopic (exact) mass is 178 g/mol. The van der Waals surface area contributed by atoms with E-state index in [9.17, 15) is 4.79 Å². The van der Waals surface area contributed by atoms with Crippen LogP contribution in [0, 0.1) is 11.8 Å². The Labute approximate surface area is 80.2 Å². The number of hydrogen-bond donors (Lipinski definition) is 0. The minimum Gasteiger partial charge on any atom is -0.295 e. The maximum absolute atomic E-state index is 11.6. The molecule has 0 aromatic rings. The summed E-state index contributed by atoms with van der Waals surface area (Å²) in [5.74, 6) is 1.89. The summed E-state index contributed by atoms with van der Waals surface area (Å²) in [6, 6.07) is 0. The van der Waals surface area contributed by atoms with Crippen molar-refractivity contribution in [3.63, 3.8) is 0 Å². The Morgan fingerprint density at radius 1 is 1.23 bits per heavy atom. The molecule has 72 valence electrons. The summed E-state index contributed by atoms with van der Waals surface area (Å²) in [4.78, 5) is 11.6. The Morgan fingerprint density at radius 2 is 2.00 bits per heavy atom. The quantitative estimate of drug-likeness (QED) is 0.603. The molecule has 0 spiro atoms. The molecule has 0 heterocycles. The zero-order chi connectivity index (χ0) is 9.42. The smallest absolute Gasteiger partial charge is 0.158 e. The van der Waals surface area contributed by atoms with E-state index in [1.165, 1.54) is 24.0 Å². The Hall–Kier alpha value is -0.590. The summed E-state index contributed by atoms with van der Waals surface area (Å²) >= 11 is 0. The molecule has 0 radical (unpaired) electrons. The Balaban J connectivity index is 2.26. The average molecular weight is 178 g/mol. The van der Waals surface area contributed by atoms with E-state index in [0.717, 1.165) is 31.1 Å². The molecule has 1 heteroatoms. The molecule has 1 unspecified atom stereocenters. The number of allylic oxidation sites excluding steroid dienone is 2. The van der Waals surface area contributed by atoms with Gasteiger partial charge in [0.1, 0.15) is 0 Å². The van der Waals surface area contributed by atoms with Crippen LogP contribution < -0.4 is 0 Å². The minimum absolute atomic E-state index is 0.449. The second kappa shape index (κ2) is 3.28. The molecule has 0 fully saturated rings. The van der Waals surface area contributed by atoms with Crippen LogP contribution in [0.15, 0.2) is 11.1 Å². The van der Waals surface area contributed by atoms with Crippen molar-refractivity contribution in [2.75, 3.05) is 0 Å². The van der Waals surface area contributed by atoms with Crippen LogP contribution in [-0.4, -0.2) is 5.78 Å². The molecule has 0 amide bonds. The van der Waals surface area contributed by atoms with Crippen molar-refractivity contribution >= 4 is 5.78 Å². The molecule has 2 aliphatic carbocycles. The van der Waals surface area contributed by atoms with Gasteiger partial charge in [0.25, 0.3) is 0 Å². The van der Waals surface area contributed by atoms with E-state index in [1.807, 2.05) is 0 Å². The van der Waals surface area contributed by atoms with Gasteiger partial charge in [0, 0.05) is 6.42 Å². The van der Waals surface area contributed by atoms with Crippen LogP contribution in [0.1, 0.15) is 46.0 Å². The molecule has 13 heavy (non-hydrogen) atoms. The summed E-state index contributed by atoms with van der Waals surface area (Å²) in [6.45, 7) is 4.55. The van der Waals surface area contributed by atoms with Gasteiger partial charge in [0.2, 0.25) is 0 Å². The van der Waals surface area contributed by atoms with E-state index in [4.69, 9.17) is 0 Å². The van der Waals surface area contributed by atoms with Crippen LogP contribution in [0.5, 0.6) is 0 Å². The Bertz CT molecular complexity index is 260. The number of ketones is 1. The van der Waals surface area contributed by atoms with Crippen LogP contribution in [0.4, 0.5) is 0 Å². The van der Waals surface area contributed by atoms with Gasteiger partial charge in [-0.05, 0) is 43.1 Å². The van der Waals surface area contributed by atoms with Crippen molar-refractivity contribution in [3.05, 3.63) is 11.1 Å². The number of rotatable bonds is 1. The third-order valence-corrected chi connectivity index (χ3v) is 3.53. The third kappa shape index (κ3) is 1.45. The lowest BCUT2D eigenvalue weighted by Crippen LogP contribution is -2.13. The molecule has 2 aliphatic rings. The van der Waals surface area contributed by atoms with E-state index >= 15 is 0 Å². The van der Waals surface area contributed by atoms with Gasteiger partial charge in [-0.25, -0.2) is 0 Å². The largest absolute Gasteiger partial charge is 0.295 e. The van der Waals surface area contributed by atoms with Gasteiger partial charge in [-0.3, -0.25) is 4.79 Å². The average Bonchev–Trinajstić information content (AvgIpc) is 2.48. The molecule has 0 N–H and O–H groups in total. The lowest BCUT2D eigenvalue weighted by Gasteiger charge is -2.21. The molecule has 0 aliphatic heterocycles. The first-order valence-corrected chi connectivity index (χ1v) is 5.45. The lowest BCUT2D eigenvalue weighted by molar-refractivity contribution is -0.116. The van der Waals surface area contributed by atoms with Gasteiger partial charge >= 0.3 is 0 Å². The van der Waals surface area contributed by atoms with Crippen LogP contribution in [0.25, 0.3) is 0 Å². The third-order valence-electron chi connectivity index (χ3n) is 3.53. The van der Waals surface area contributed by atoms with Crippen molar-refractivity contribution in [1.82, 2.24) is 0 Å². The maximum Gasteiger partial charge on any atom is 0.158 e. The normalized spacial score (nSPS) is 28.5. The van der Waals surface area contributed by atoms with Gasteiger partial charge in [-0.1, -0.05) is 19.4 Å². The van der Waals surface area contributed by atoms with E-state index in [-0.39, 0.29) is 0 Å². The summed E-state index contributed by atoms with van der Waals surface area (Å²) < 4.78 is 0. The van der Waals surface area contributed by atoms with Crippen molar-refractivity contribution in [1.29, 1.82) is 0 Å². The topological polar surface area (TPSA) is 17.1 Å². The van der Waals surface area contributed by atoms with Gasteiger partial charge in [0.15, 0.2) is 5.78 Å². The number of Topliss-reactive ketones (excluding diaryl/α,β-unsaturated/α-hetero) is 1. The van der Waals surface area contributed by atoms with E-state index in [2.05, 4.69) is 13.8 Å². The number of hydrogen-bond acceptors (Lipinski definition) is 1. The fourth-order valence-corrected chi connectivity index (χ4v) is 2.84. The van der Waals surface area contributed by atoms with Gasteiger partial charge in [-0.2, -0.15) is 0 Å². The first-order chi connectivity index (χ1) is 6.20. The van der Waals surface area contributed by atoms with Crippen LogP contribution >= 0.6 is 0 Å². The Kier molecular flexibility index (Phi) is 2.27. The number of carbonyl (C=O) groups excluding carboxylic acids is 1. The van der Waals surface area contributed by atoms with Crippen molar-refractivity contribution in [2.45, 2.75) is 46.0 Å². The van der Waals surface area contributed by atoms with Crippen LogP contribution in [0.2, 0.25) is 0 Å². The van der Waals surface area contributed by atoms with Crippen molar-refractivity contribution in [2.24, 2.45) is 11.8 Å². The van der Waals surface area contributed by atoms with Crippen LogP contribution in [-0.2, 0) is 4.79 Å². The van der Waals surface area contributed by atoms with Crippen LogP contribution in [0.3, 0.4) is 0 Å². The summed E-state index contributed by atoms with van der Waals surface area (Å²) in [7, 11) is 0. The highest BCUT2D eigenvalue weighted by atomic mass is 16.1.